The van der Waals surface area contributed by atoms with Crippen molar-refractivity contribution in [1.29, 1.82) is 0 Å². The van der Waals surface area contributed by atoms with Crippen LogP contribution in [0.15, 0.2) is 5.18 Å². The second-order valence-corrected chi connectivity index (χ2v) is 5.38. The van der Waals surface area contributed by atoms with Crippen molar-refractivity contribution in [2.24, 2.45) is 5.18 Å². The first-order chi connectivity index (χ1) is 8.16. The molecule has 6 nitrogen and oxygen atoms in total. The first-order valence-electron chi connectivity index (χ1n) is 6.14. The largest absolute Gasteiger partial charge is 0.444 e. The standard InChI is InChI=1S/C11H17N3O3/c1-13-6-8-9(17-10(13)15)5-11(7-12-16)3-2-4-14(8)11/h8-9H,2-7H2,1H3. The molecule has 0 aromatic heterocycles. The van der Waals surface area contributed by atoms with Crippen molar-refractivity contribution >= 4 is 6.09 Å². The van der Waals surface area contributed by atoms with Crippen LogP contribution in [0.2, 0.25) is 0 Å². The van der Waals surface area contributed by atoms with Gasteiger partial charge in [0.25, 0.3) is 0 Å². The Morgan fingerprint density at radius 1 is 1.59 bits per heavy atom. The van der Waals surface area contributed by atoms with Crippen LogP contribution in [-0.2, 0) is 4.74 Å². The van der Waals surface area contributed by atoms with E-state index in [0.29, 0.717) is 13.1 Å². The molecule has 0 aromatic carbocycles. The molecule has 6 heteroatoms. The van der Waals surface area contributed by atoms with Crippen molar-refractivity contribution < 1.29 is 9.53 Å². The van der Waals surface area contributed by atoms with Crippen molar-refractivity contribution in [2.75, 3.05) is 26.7 Å². The molecule has 3 fully saturated rings. The minimum absolute atomic E-state index is 0.0549. The summed E-state index contributed by atoms with van der Waals surface area (Å²) in [6, 6.07) is 0.238. The van der Waals surface area contributed by atoms with Crippen LogP contribution in [0.5, 0.6) is 0 Å². The van der Waals surface area contributed by atoms with Gasteiger partial charge >= 0.3 is 6.09 Å². The molecule has 0 aliphatic carbocycles. The summed E-state index contributed by atoms with van der Waals surface area (Å²) in [6.45, 7) is 2.01. The molecule has 0 radical (unpaired) electrons. The summed E-state index contributed by atoms with van der Waals surface area (Å²) < 4.78 is 5.43. The van der Waals surface area contributed by atoms with E-state index < -0.39 is 0 Å². The molecule has 3 rings (SSSR count). The molecule has 3 atom stereocenters. The molecule has 3 aliphatic rings. The number of nitrogens with zero attached hydrogens (tertiary/aromatic N) is 3. The zero-order valence-electron chi connectivity index (χ0n) is 9.96. The second kappa shape index (κ2) is 3.66. The Morgan fingerprint density at radius 3 is 3.18 bits per heavy atom. The SMILES string of the molecule is CN1CC2C(CC3(CN=O)CCCN23)OC1=O. The van der Waals surface area contributed by atoms with Gasteiger partial charge in [0.1, 0.15) is 6.10 Å². The summed E-state index contributed by atoms with van der Waals surface area (Å²) in [5.41, 5.74) is -0.136. The van der Waals surface area contributed by atoms with E-state index >= 15 is 0 Å². The highest BCUT2D eigenvalue weighted by atomic mass is 16.6. The van der Waals surface area contributed by atoms with E-state index in [2.05, 4.69) is 10.1 Å². The number of fused-ring (bicyclic) bond motifs is 3. The van der Waals surface area contributed by atoms with Gasteiger partial charge in [0.05, 0.1) is 12.6 Å². The molecule has 17 heavy (non-hydrogen) atoms. The molecule has 0 N–H and O–H groups in total. The maximum Gasteiger partial charge on any atom is 0.409 e. The number of ether oxygens (including phenoxy) is 1. The highest BCUT2D eigenvalue weighted by molar-refractivity contribution is 5.68. The van der Waals surface area contributed by atoms with Crippen molar-refractivity contribution in [3.05, 3.63) is 4.91 Å². The Hall–Kier alpha value is -1.17. The minimum atomic E-state index is -0.248. The molecule has 0 spiro atoms. The number of hydrogen-bond acceptors (Lipinski definition) is 5. The molecule has 1 amide bonds. The van der Waals surface area contributed by atoms with Gasteiger partial charge in [-0.2, -0.15) is 4.91 Å². The van der Waals surface area contributed by atoms with E-state index in [9.17, 15) is 9.70 Å². The first kappa shape index (κ1) is 11.0. The second-order valence-electron chi connectivity index (χ2n) is 5.38. The number of hydrogen-bond donors (Lipinski definition) is 0. The average Bonchev–Trinajstić information content (AvgIpc) is 2.77. The molecular formula is C11H17N3O3. The lowest BCUT2D eigenvalue weighted by molar-refractivity contribution is 0.00508. The lowest BCUT2D eigenvalue weighted by Gasteiger charge is -2.37. The van der Waals surface area contributed by atoms with Crippen molar-refractivity contribution in [3.8, 4) is 0 Å². The number of nitroso groups, excluding NO2 is 1. The molecule has 0 saturated carbocycles. The van der Waals surface area contributed by atoms with Crippen LogP contribution in [0.4, 0.5) is 4.79 Å². The Morgan fingerprint density at radius 2 is 2.41 bits per heavy atom. The monoisotopic (exact) mass is 239 g/mol. The molecule has 0 bridgehead atoms. The van der Waals surface area contributed by atoms with E-state index in [-0.39, 0.29) is 23.8 Å². The van der Waals surface area contributed by atoms with Crippen LogP contribution in [-0.4, -0.2) is 60.3 Å². The normalized spacial score (nSPS) is 41.0. The van der Waals surface area contributed by atoms with E-state index in [1.54, 1.807) is 11.9 Å². The van der Waals surface area contributed by atoms with Gasteiger partial charge in [0.2, 0.25) is 0 Å². The van der Waals surface area contributed by atoms with E-state index in [4.69, 9.17) is 4.74 Å². The number of rotatable bonds is 2. The fourth-order valence-electron chi connectivity index (χ4n) is 3.67. The molecule has 3 unspecified atom stereocenters. The van der Waals surface area contributed by atoms with E-state index in [1.165, 1.54) is 0 Å². The smallest absolute Gasteiger partial charge is 0.409 e. The molecular weight excluding hydrogens is 222 g/mol. The molecule has 3 aliphatic heterocycles. The van der Waals surface area contributed by atoms with Gasteiger partial charge in [-0.3, -0.25) is 4.90 Å². The fraction of sp³-hybridized carbons (Fsp3) is 0.909. The zero-order valence-corrected chi connectivity index (χ0v) is 9.96. The van der Waals surface area contributed by atoms with Crippen LogP contribution >= 0.6 is 0 Å². The summed E-state index contributed by atoms with van der Waals surface area (Å²) >= 11 is 0. The van der Waals surface area contributed by atoms with Gasteiger partial charge in [-0.1, -0.05) is 5.18 Å². The molecule has 3 heterocycles. The minimum Gasteiger partial charge on any atom is -0.444 e. The van der Waals surface area contributed by atoms with Crippen LogP contribution in [0.3, 0.4) is 0 Å². The van der Waals surface area contributed by atoms with Gasteiger partial charge in [-0.05, 0) is 19.4 Å². The number of amides is 1. The predicted molar refractivity (Wildman–Crippen MR) is 60.6 cm³/mol. The van der Waals surface area contributed by atoms with Gasteiger partial charge in [-0.15, -0.1) is 0 Å². The third-order valence-electron chi connectivity index (χ3n) is 4.44. The Kier molecular flexibility index (Phi) is 2.36. The van der Waals surface area contributed by atoms with Crippen LogP contribution in [0.25, 0.3) is 0 Å². The lowest BCUT2D eigenvalue weighted by Crippen LogP contribution is -2.53. The van der Waals surface area contributed by atoms with E-state index in [0.717, 1.165) is 25.8 Å². The fourth-order valence-corrected chi connectivity index (χ4v) is 3.67. The summed E-state index contributed by atoms with van der Waals surface area (Å²) in [5, 5.41) is 3.10. The third kappa shape index (κ3) is 1.46. The van der Waals surface area contributed by atoms with Crippen LogP contribution in [0.1, 0.15) is 19.3 Å². The van der Waals surface area contributed by atoms with Crippen molar-refractivity contribution in [2.45, 2.75) is 36.9 Å². The van der Waals surface area contributed by atoms with Crippen LogP contribution < -0.4 is 0 Å². The number of carbonyl (C=O) groups is 1. The lowest BCUT2D eigenvalue weighted by atomic mass is 9.93. The molecule has 94 valence electrons. The number of carbonyl (C=O) groups excluding carboxylic acids is 1. The van der Waals surface area contributed by atoms with Crippen molar-refractivity contribution in [1.82, 2.24) is 9.80 Å². The Labute approximate surface area is 99.9 Å². The Bertz CT molecular complexity index is 362. The molecule has 0 aromatic rings. The van der Waals surface area contributed by atoms with Crippen LogP contribution in [0, 0.1) is 4.91 Å². The van der Waals surface area contributed by atoms with Gasteiger partial charge < -0.3 is 9.64 Å². The average molecular weight is 239 g/mol. The highest BCUT2D eigenvalue weighted by Gasteiger charge is 2.57. The van der Waals surface area contributed by atoms with E-state index in [1.807, 2.05) is 0 Å². The quantitative estimate of drug-likeness (QED) is 0.669. The van der Waals surface area contributed by atoms with Gasteiger partial charge in [0.15, 0.2) is 0 Å². The summed E-state index contributed by atoms with van der Waals surface area (Å²) in [4.78, 5) is 26.1. The highest BCUT2D eigenvalue weighted by Crippen LogP contribution is 2.45. The summed E-state index contributed by atoms with van der Waals surface area (Å²) in [6.07, 6.45) is 2.56. The predicted octanol–water partition coefficient (Wildman–Crippen LogP) is 0.810. The van der Waals surface area contributed by atoms with Crippen molar-refractivity contribution in [3.63, 3.8) is 0 Å². The van der Waals surface area contributed by atoms with Gasteiger partial charge in [-0.25, -0.2) is 4.79 Å². The Balaban J connectivity index is 1.86. The van der Waals surface area contributed by atoms with Gasteiger partial charge in [0, 0.05) is 25.6 Å². The number of likely N-dealkylation sites (N-methyl/N-ethyl adjacent to an activating group) is 1. The maximum atomic E-state index is 11.5. The first-order valence-corrected chi connectivity index (χ1v) is 6.14. The molecule has 3 saturated heterocycles. The summed E-state index contributed by atoms with van der Waals surface area (Å²) in [7, 11) is 1.76. The third-order valence-corrected chi connectivity index (χ3v) is 4.44. The zero-order chi connectivity index (χ0) is 12.0. The summed E-state index contributed by atoms with van der Waals surface area (Å²) in [5.74, 6) is 0. The topological polar surface area (TPSA) is 62.2 Å². The maximum absolute atomic E-state index is 11.5.